The Kier molecular flexibility index (Phi) is 5.73. The number of carbonyl (C=O) groups is 3. The molecule has 3 rings (SSSR count). The van der Waals surface area contributed by atoms with Crippen molar-refractivity contribution in [2.75, 3.05) is 16.8 Å². The Balaban J connectivity index is 1.72. The Bertz CT molecular complexity index is 929. The summed E-state index contributed by atoms with van der Waals surface area (Å²) in [5, 5.41) is 5.75. The zero-order valence-electron chi connectivity index (χ0n) is 17.3. The molecule has 0 radical (unpaired) electrons. The first-order valence-corrected chi connectivity index (χ1v) is 9.73. The van der Waals surface area contributed by atoms with Gasteiger partial charge in [-0.25, -0.2) is 0 Å². The highest BCUT2D eigenvalue weighted by molar-refractivity contribution is 6.07. The molecule has 0 spiro atoms. The summed E-state index contributed by atoms with van der Waals surface area (Å²) >= 11 is 0. The maximum absolute atomic E-state index is 12.8. The van der Waals surface area contributed by atoms with E-state index in [-0.39, 0.29) is 29.7 Å². The van der Waals surface area contributed by atoms with Crippen LogP contribution in [-0.2, 0) is 9.59 Å². The Labute approximate surface area is 171 Å². The van der Waals surface area contributed by atoms with E-state index >= 15 is 0 Å². The van der Waals surface area contributed by atoms with E-state index in [4.69, 9.17) is 0 Å². The highest BCUT2D eigenvalue weighted by atomic mass is 16.2. The Morgan fingerprint density at radius 2 is 1.69 bits per heavy atom. The Morgan fingerprint density at radius 1 is 1.03 bits per heavy atom. The van der Waals surface area contributed by atoms with E-state index in [1.54, 1.807) is 29.2 Å². The number of hydrogen-bond donors (Lipinski definition) is 2. The van der Waals surface area contributed by atoms with Crippen molar-refractivity contribution in [1.82, 2.24) is 5.32 Å². The van der Waals surface area contributed by atoms with Crippen LogP contribution in [0.15, 0.2) is 48.5 Å². The fourth-order valence-electron chi connectivity index (χ4n) is 3.29. The summed E-state index contributed by atoms with van der Waals surface area (Å²) in [7, 11) is 0. The van der Waals surface area contributed by atoms with Crippen LogP contribution in [0.2, 0.25) is 0 Å². The minimum atomic E-state index is -0.470. The molecule has 1 saturated heterocycles. The SMILES string of the molecule is Cc1ccc(N2CC(C(=O)Nc3ccccc3C(=O)NC(C)(C)C)CC2=O)cc1. The number of amides is 3. The second-order valence-electron chi connectivity index (χ2n) is 8.48. The number of anilines is 2. The van der Waals surface area contributed by atoms with Gasteiger partial charge < -0.3 is 15.5 Å². The van der Waals surface area contributed by atoms with Crippen LogP contribution < -0.4 is 15.5 Å². The molecule has 1 heterocycles. The van der Waals surface area contributed by atoms with Crippen LogP contribution >= 0.6 is 0 Å². The second kappa shape index (κ2) is 8.07. The lowest BCUT2D eigenvalue weighted by molar-refractivity contribution is -0.122. The molecule has 2 aromatic rings. The molecule has 1 aliphatic rings. The van der Waals surface area contributed by atoms with Gasteiger partial charge in [-0.15, -0.1) is 0 Å². The Morgan fingerprint density at radius 3 is 2.34 bits per heavy atom. The molecular weight excluding hydrogens is 366 g/mol. The van der Waals surface area contributed by atoms with Crippen molar-refractivity contribution in [3.05, 3.63) is 59.7 Å². The smallest absolute Gasteiger partial charge is 0.253 e. The molecule has 0 aliphatic carbocycles. The topological polar surface area (TPSA) is 78.5 Å². The van der Waals surface area contributed by atoms with Crippen molar-refractivity contribution in [2.24, 2.45) is 5.92 Å². The summed E-state index contributed by atoms with van der Waals surface area (Å²) in [5.41, 5.74) is 2.36. The van der Waals surface area contributed by atoms with E-state index in [2.05, 4.69) is 10.6 Å². The summed E-state index contributed by atoms with van der Waals surface area (Å²) in [4.78, 5) is 39.5. The number of nitrogens with zero attached hydrogens (tertiary/aromatic N) is 1. The molecule has 2 N–H and O–H groups in total. The van der Waals surface area contributed by atoms with Gasteiger partial charge in [-0.3, -0.25) is 14.4 Å². The maximum Gasteiger partial charge on any atom is 0.253 e. The summed E-state index contributed by atoms with van der Waals surface area (Å²) in [6.45, 7) is 8.00. The van der Waals surface area contributed by atoms with Crippen LogP contribution in [0.1, 0.15) is 43.1 Å². The van der Waals surface area contributed by atoms with E-state index in [1.165, 1.54) is 0 Å². The molecule has 0 aromatic heterocycles. The van der Waals surface area contributed by atoms with Crippen LogP contribution in [0.3, 0.4) is 0 Å². The third-order valence-corrected chi connectivity index (χ3v) is 4.76. The number of nitrogens with one attached hydrogen (secondary N) is 2. The monoisotopic (exact) mass is 393 g/mol. The van der Waals surface area contributed by atoms with Gasteiger partial charge in [0, 0.05) is 24.2 Å². The van der Waals surface area contributed by atoms with Crippen molar-refractivity contribution in [2.45, 2.75) is 39.7 Å². The third kappa shape index (κ3) is 5.02. The summed E-state index contributed by atoms with van der Waals surface area (Å²) in [6.07, 6.45) is 0.149. The zero-order chi connectivity index (χ0) is 21.2. The minimum Gasteiger partial charge on any atom is -0.347 e. The lowest BCUT2D eigenvalue weighted by atomic mass is 10.1. The molecule has 2 aromatic carbocycles. The van der Waals surface area contributed by atoms with Gasteiger partial charge >= 0.3 is 0 Å². The predicted octanol–water partition coefficient (Wildman–Crippen LogP) is 3.51. The molecule has 3 amide bonds. The van der Waals surface area contributed by atoms with E-state index in [0.29, 0.717) is 17.8 Å². The van der Waals surface area contributed by atoms with Gasteiger partial charge in [0.05, 0.1) is 17.2 Å². The van der Waals surface area contributed by atoms with Gasteiger partial charge in [0.25, 0.3) is 5.91 Å². The van der Waals surface area contributed by atoms with Crippen molar-refractivity contribution >= 4 is 29.1 Å². The normalized spacial score (nSPS) is 16.6. The second-order valence-corrected chi connectivity index (χ2v) is 8.48. The van der Waals surface area contributed by atoms with Gasteiger partial charge in [-0.05, 0) is 52.0 Å². The maximum atomic E-state index is 12.8. The van der Waals surface area contributed by atoms with E-state index in [0.717, 1.165) is 11.3 Å². The fourth-order valence-corrected chi connectivity index (χ4v) is 3.29. The predicted molar refractivity (Wildman–Crippen MR) is 114 cm³/mol. The summed E-state index contributed by atoms with van der Waals surface area (Å²) in [5.74, 6) is -1.06. The van der Waals surface area contributed by atoms with E-state index in [9.17, 15) is 14.4 Å². The lowest BCUT2D eigenvalue weighted by Crippen LogP contribution is -2.41. The molecule has 152 valence electrons. The summed E-state index contributed by atoms with van der Waals surface area (Å²) in [6, 6.07) is 14.6. The molecule has 0 bridgehead atoms. The van der Waals surface area contributed by atoms with Crippen molar-refractivity contribution < 1.29 is 14.4 Å². The molecule has 6 nitrogen and oxygen atoms in total. The number of hydrogen-bond acceptors (Lipinski definition) is 3. The summed E-state index contributed by atoms with van der Waals surface area (Å²) < 4.78 is 0. The number of rotatable bonds is 4. The number of aryl methyl sites for hydroxylation is 1. The molecular formula is C23H27N3O3. The van der Waals surface area contributed by atoms with Gasteiger partial charge in [-0.2, -0.15) is 0 Å². The first-order chi connectivity index (χ1) is 13.6. The van der Waals surface area contributed by atoms with Crippen LogP contribution in [0.5, 0.6) is 0 Å². The van der Waals surface area contributed by atoms with Crippen molar-refractivity contribution in [3.63, 3.8) is 0 Å². The molecule has 1 fully saturated rings. The van der Waals surface area contributed by atoms with Crippen LogP contribution in [0, 0.1) is 12.8 Å². The molecule has 1 aliphatic heterocycles. The molecule has 6 heteroatoms. The lowest BCUT2D eigenvalue weighted by Gasteiger charge is -2.22. The van der Waals surface area contributed by atoms with Crippen LogP contribution in [0.4, 0.5) is 11.4 Å². The van der Waals surface area contributed by atoms with Crippen molar-refractivity contribution in [1.29, 1.82) is 0 Å². The number of benzene rings is 2. The Hall–Kier alpha value is -3.15. The zero-order valence-corrected chi connectivity index (χ0v) is 17.3. The largest absolute Gasteiger partial charge is 0.347 e. The quantitative estimate of drug-likeness (QED) is 0.834. The standard InChI is InChI=1S/C23H27N3O3/c1-15-9-11-17(12-10-15)26-14-16(13-20(26)27)21(28)24-19-8-6-5-7-18(19)22(29)25-23(2,3)4/h5-12,16H,13-14H2,1-4H3,(H,24,28)(H,25,29). The van der Waals surface area contributed by atoms with Gasteiger partial charge in [0.2, 0.25) is 11.8 Å². The van der Waals surface area contributed by atoms with E-state index < -0.39 is 5.92 Å². The van der Waals surface area contributed by atoms with Gasteiger partial charge in [0.15, 0.2) is 0 Å². The highest BCUT2D eigenvalue weighted by Gasteiger charge is 2.35. The first-order valence-electron chi connectivity index (χ1n) is 9.73. The van der Waals surface area contributed by atoms with Gasteiger partial charge in [0.1, 0.15) is 0 Å². The number of carbonyl (C=O) groups excluding carboxylic acids is 3. The molecule has 0 saturated carbocycles. The number of para-hydroxylation sites is 1. The van der Waals surface area contributed by atoms with Crippen LogP contribution in [-0.4, -0.2) is 29.8 Å². The fraction of sp³-hybridized carbons (Fsp3) is 0.348. The minimum absolute atomic E-state index is 0.0761. The van der Waals surface area contributed by atoms with Crippen LogP contribution in [0.25, 0.3) is 0 Å². The molecule has 1 atom stereocenters. The van der Waals surface area contributed by atoms with Gasteiger partial charge in [-0.1, -0.05) is 29.8 Å². The molecule has 1 unspecified atom stereocenters. The average Bonchev–Trinajstić information content (AvgIpc) is 3.03. The molecule has 29 heavy (non-hydrogen) atoms. The van der Waals surface area contributed by atoms with Crippen molar-refractivity contribution in [3.8, 4) is 0 Å². The van der Waals surface area contributed by atoms with E-state index in [1.807, 2.05) is 52.0 Å². The first kappa shape index (κ1) is 20.6. The third-order valence-electron chi connectivity index (χ3n) is 4.76. The average molecular weight is 393 g/mol. The highest BCUT2D eigenvalue weighted by Crippen LogP contribution is 2.27.